The van der Waals surface area contributed by atoms with Crippen LogP contribution in [0.15, 0.2) is 0 Å². The van der Waals surface area contributed by atoms with Gasteiger partial charge in [-0.25, -0.2) is 0 Å². The number of morpholine rings is 1. The maximum absolute atomic E-state index is 5.54. The average molecular weight is 144 g/mol. The zero-order chi connectivity index (χ0) is 7.56. The Morgan fingerprint density at radius 2 is 2.30 bits per heavy atom. The Morgan fingerprint density at radius 3 is 2.80 bits per heavy atom. The zero-order valence-electron chi connectivity index (χ0n) is 6.71. The molecule has 3 heteroatoms. The summed E-state index contributed by atoms with van der Waals surface area (Å²) in [6.45, 7) is 4.71. The molecule has 1 heterocycles. The minimum absolute atomic E-state index is 0.244. The van der Waals surface area contributed by atoms with Crippen LogP contribution in [0.3, 0.4) is 0 Å². The molecule has 10 heavy (non-hydrogen) atoms. The second-order valence-corrected chi connectivity index (χ2v) is 3.03. The number of nitrogens with zero attached hydrogens (tertiary/aromatic N) is 1. The van der Waals surface area contributed by atoms with E-state index >= 15 is 0 Å². The molecule has 0 amide bonds. The molecular formula is C7H16N2O. The Hall–Kier alpha value is -0.120. The lowest BCUT2D eigenvalue weighted by Crippen LogP contribution is -2.47. The molecule has 1 aliphatic heterocycles. The Labute approximate surface area is 62.1 Å². The molecule has 0 unspecified atom stereocenters. The summed E-state index contributed by atoms with van der Waals surface area (Å²) >= 11 is 0. The normalized spacial score (nSPS) is 36.3. The summed E-state index contributed by atoms with van der Waals surface area (Å²) in [5, 5.41) is 0. The summed E-state index contributed by atoms with van der Waals surface area (Å²) in [5.41, 5.74) is 5.48. The minimum atomic E-state index is 0.244. The Balaban J connectivity index is 2.35. The highest BCUT2D eigenvalue weighted by atomic mass is 16.5. The quantitative estimate of drug-likeness (QED) is 0.547. The average Bonchev–Trinajstić information content (AvgIpc) is 1.85. The van der Waals surface area contributed by atoms with Gasteiger partial charge in [-0.15, -0.1) is 0 Å². The summed E-state index contributed by atoms with van der Waals surface area (Å²) in [7, 11) is 2.10. The van der Waals surface area contributed by atoms with Gasteiger partial charge >= 0.3 is 0 Å². The summed E-state index contributed by atoms with van der Waals surface area (Å²) in [4.78, 5) is 2.26. The van der Waals surface area contributed by atoms with Gasteiger partial charge in [-0.05, 0) is 14.0 Å². The molecule has 1 aliphatic rings. The number of rotatable bonds is 1. The standard InChI is InChI=1S/C7H16N2O/c1-6-4-9(2)5-7(3-8)10-6/h6-7H,3-5,8H2,1-2H3/t6-,7-/m1/s1. The van der Waals surface area contributed by atoms with Crippen molar-refractivity contribution in [2.45, 2.75) is 19.1 Å². The fourth-order valence-electron chi connectivity index (χ4n) is 1.41. The molecule has 0 aliphatic carbocycles. The molecule has 0 aromatic heterocycles. The number of ether oxygens (including phenoxy) is 1. The molecule has 0 saturated carbocycles. The van der Waals surface area contributed by atoms with E-state index in [-0.39, 0.29) is 6.10 Å². The second kappa shape index (κ2) is 3.32. The Morgan fingerprint density at radius 1 is 1.60 bits per heavy atom. The minimum Gasteiger partial charge on any atom is -0.371 e. The molecule has 1 saturated heterocycles. The fourth-order valence-corrected chi connectivity index (χ4v) is 1.41. The number of hydrogen-bond donors (Lipinski definition) is 1. The largest absolute Gasteiger partial charge is 0.371 e. The van der Waals surface area contributed by atoms with Crippen LogP contribution in [0.25, 0.3) is 0 Å². The van der Waals surface area contributed by atoms with Crippen molar-refractivity contribution in [3.8, 4) is 0 Å². The molecule has 0 spiro atoms. The van der Waals surface area contributed by atoms with Crippen LogP contribution in [-0.2, 0) is 4.74 Å². The summed E-state index contributed by atoms with van der Waals surface area (Å²) in [6, 6.07) is 0. The third-order valence-corrected chi connectivity index (χ3v) is 1.77. The lowest BCUT2D eigenvalue weighted by atomic mass is 10.2. The molecule has 1 fully saturated rings. The smallest absolute Gasteiger partial charge is 0.0828 e. The van der Waals surface area contributed by atoms with Crippen molar-refractivity contribution in [2.24, 2.45) is 5.73 Å². The maximum atomic E-state index is 5.54. The van der Waals surface area contributed by atoms with Crippen LogP contribution in [0.2, 0.25) is 0 Å². The van der Waals surface area contributed by atoms with E-state index in [9.17, 15) is 0 Å². The van der Waals surface area contributed by atoms with Crippen molar-refractivity contribution < 1.29 is 4.74 Å². The first-order chi connectivity index (χ1) is 4.72. The molecule has 1 rings (SSSR count). The van der Waals surface area contributed by atoms with Crippen LogP contribution in [-0.4, -0.2) is 43.8 Å². The molecule has 2 N–H and O–H groups in total. The number of nitrogens with two attached hydrogens (primary N) is 1. The van der Waals surface area contributed by atoms with Gasteiger partial charge in [0.15, 0.2) is 0 Å². The first kappa shape index (κ1) is 7.98. The fraction of sp³-hybridized carbons (Fsp3) is 1.00. The highest BCUT2D eigenvalue weighted by molar-refractivity contribution is 4.73. The van der Waals surface area contributed by atoms with Crippen molar-refractivity contribution in [2.75, 3.05) is 26.7 Å². The third-order valence-electron chi connectivity index (χ3n) is 1.77. The van der Waals surface area contributed by atoms with E-state index in [0.717, 1.165) is 13.1 Å². The molecule has 2 atom stereocenters. The summed E-state index contributed by atoms with van der Waals surface area (Å²) in [6.07, 6.45) is 0.584. The van der Waals surface area contributed by atoms with Crippen molar-refractivity contribution in [1.29, 1.82) is 0 Å². The topological polar surface area (TPSA) is 38.5 Å². The monoisotopic (exact) mass is 144 g/mol. The predicted molar refractivity (Wildman–Crippen MR) is 40.9 cm³/mol. The molecule has 0 aromatic rings. The van der Waals surface area contributed by atoms with Crippen molar-refractivity contribution in [3.63, 3.8) is 0 Å². The van der Waals surface area contributed by atoms with Crippen molar-refractivity contribution in [3.05, 3.63) is 0 Å². The van der Waals surface area contributed by atoms with E-state index in [1.165, 1.54) is 0 Å². The molecular weight excluding hydrogens is 128 g/mol. The van der Waals surface area contributed by atoms with Crippen LogP contribution in [0.4, 0.5) is 0 Å². The lowest BCUT2D eigenvalue weighted by molar-refractivity contribution is -0.0644. The van der Waals surface area contributed by atoms with E-state index in [1.807, 2.05) is 0 Å². The summed E-state index contributed by atoms with van der Waals surface area (Å²) < 4.78 is 5.54. The molecule has 0 aromatic carbocycles. The van der Waals surface area contributed by atoms with Crippen LogP contribution >= 0.6 is 0 Å². The van der Waals surface area contributed by atoms with Crippen LogP contribution in [0, 0.1) is 0 Å². The predicted octanol–water partition coefficient (Wildman–Crippen LogP) is -0.336. The Bertz CT molecular complexity index is 97.8. The SMILES string of the molecule is C[C@@H]1CN(C)C[C@@H](CN)O1. The van der Waals surface area contributed by atoms with Crippen LogP contribution in [0.5, 0.6) is 0 Å². The number of likely N-dealkylation sites (N-methyl/N-ethyl adjacent to an activating group) is 1. The molecule has 3 nitrogen and oxygen atoms in total. The van der Waals surface area contributed by atoms with Gasteiger partial charge < -0.3 is 15.4 Å². The van der Waals surface area contributed by atoms with Gasteiger partial charge in [0.25, 0.3) is 0 Å². The van der Waals surface area contributed by atoms with Crippen LogP contribution in [0.1, 0.15) is 6.92 Å². The van der Waals surface area contributed by atoms with Gasteiger partial charge in [0.05, 0.1) is 12.2 Å². The van der Waals surface area contributed by atoms with Crippen molar-refractivity contribution in [1.82, 2.24) is 4.90 Å². The number of hydrogen-bond acceptors (Lipinski definition) is 3. The maximum Gasteiger partial charge on any atom is 0.0828 e. The van der Waals surface area contributed by atoms with E-state index in [0.29, 0.717) is 12.6 Å². The molecule has 0 radical (unpaired) electrons. The van der Waals surface area contributed by atoms with Gasteiger partial charge in [-0.3, -0.25) is 0 Å². The van der Waals surface area contributed by atoms with Gasteiger partial charge in [-0.1, -0.05) is 0 Å². The van der Waals surface area contributed by atoms with E-state index < -0.39 is 0 Å². The van der Waals surface area contributed by atoms with Gasteiger partial charge in [0.2, 0.25) is 0 Å². The molecule has 60 valence electrons. The van der Waals surface area contributed by atoms with Crippen LogP contribution < -0.4 is 5.73 Å². The first-order valence-electron chi connectivity index (χ1n) is 3.76. The Kier molecular flexibility index (Phi) is 2.65. The zero-order valence-corrected chi connectivity index (χ0v) is 6.71. The lowest BCUT2D eigenvalue weighted by Gasteiger charge is -2.33. The van der Waals surface area contributed by atoms with Gasteiger partial charge in [0, 0.05) is 19.6 Å². The van der Waals surface area contributed by atoms with Gasteiger partial charge in [0.1, 0.15) is 0 Å². The third kappa shape index (κ3) is 1.94. The van der Waals surface area contributed by atoms with Crippen molar-refractivity contribution >= 4 is 0 Å². The van der Waals surface area contributed by atoms with Gasteiger partial charge in [-0.2, -0.15) is 0 Å². The van der Waals surface area contributed by atoms with E-state index in [1.54, 1.807) is 0 Å². The first-order valence-corrected chi connectivity index (χ1v) is 3.76. The van der Waals surface area contributed by atoms with E-state index in [4.69, 9.17) is 10.5 Å². The molecule has 0 bridgehead atoms. The van der Waals surface area contributed by atoms with E-state index in [2.05, 4.69) is 18.9 Å². The highest BCUT2D eigenvalue weighted by Crippen LogP contribution is 2.07. The second-order valence-electron chi connectivity index (χ2n) is 3.03. The summed E-state index contributed by atoms with van der Waals surface area (Å²) in [5.74, 6) is 0. The highest BCUT2D eigenvalue weighted by Gasteiger charge is 2.20.